The third kappa shape index (κ3) is 7.34. The summed E-state index contributed by atoms with van der Waals surface area (Å²) < 4.78 is 0. The second kappa shape index (κ2) is 9.26. The van der Waals surface area contributed by atoms with Gasteiger partial charge in [-0.15, -0.1) is 0 Å². The number of benzene rings is 1. The maximum Gasteiger partial charge on any atom is 0.326 e. The van der Waals surface area contributed by atoms with E-state index in [1.54, 1.807) is 24.3 Å². The fraction of sp³-hybridized carbons (Fsp3) is 0.375. The zero-order valence-corrected chi connectivity index (χ0v) is 13.6. The number of carboxylic acid groups (broad SMARTS) is 3. The monoisotopic (exact) mass is 352 g/mol. The molecule has 0 unspecified atom stereocenters. The number of carboxylic acids is 3. The SMILES string of the molecule is Cc1ccc(C[C@H](NC(=O)N[C@@H](CCC(=O)O)C(=O)O)C(=O)O)cc1. The maximum absolute atomic E-state index is 11.9. The van der Waals surface area contributed by atoms with Crippen molar-refractivity contribution in [3.63, 3.8) is 0 Å². The number of amides is 2. The Balaban J connectivity index is 2.68. The minimum Gasteiger partial charge on any atom is -0.481 e. The lowest BCUT2D eigenvalue weighted by molar-refractivity contribution is -0.140. The molecule has 0 radical (unpaired) electrons. The van der Waals surface area contributed by atoms with Gasteiger partial charge in [-0.3, -0.25) is 4.79 Å². The van der Waals surface area contributed by atoms with Gasteiger partial charge in [-0.2, -0.15) is 0 Å². The van der Waals surface area contributed by atoms with Crippen LogP contribution in [-0.2, 0) is 20.8 Å². The van der Waals surface area contributed by atoms with Crippen LogP contribution in [0.3, 0.4) is 0 Å². The Morgan fingerprint density at radius 1 is 0.920 bits per heavy atom. The molecular formula is C16H20N2O7. The predicted octanol–water partition coefficient (Wildman–Crippen LogP) is 0.608. The maximum atomic E-state index is 11.9. The third-order valence-electron chi connectivity index (χ3n) is 3.41. The van der Waals surface area contributed by atoms with E-state index in [0.29, 0.717) is 5.56 Å². The number of urea groups is 1. The van der Waals surface area contributed by atoms with Gasteiger partial charge in [0.2, 0.25) is 0 Å². The quantitative estimate of drug-likeness (QED) is 0.436. The van der Waals surface area contributed by atoms with E-state index in [-0.39, 0.29) is 12.8 Å². The van der Waals surface area contributed by atoms with Crippen LogP contribution in [0.4, 0.5) is 4.79 Å². The second-order valence-electron chi connectivity index (χ2n) is 5.52. The fourth-order valence-corrected chi connectivity index (χ4v) is 2.04. The predicted molar refractivity (Wildman–Crippen MR) is 86.3 cm³/mol. The van der Waals surface area contributed by atoms with Gasteiger partial charge in [-0.25, -0.2) is 14.4 Å². The Morgan fingerprint density at radius 2 is 1.44 bits per heavy atom. The smallest absolute Gasteiger partial charge is 0.326 e. The summed E-state index contributed by atoms with van der Waals surface area (Å²) in [6.07, 6.45) is -0.730. The van der Waals surface area contributed by atoms with Crippen LogP contribution in [0.25, 0.3) is 0 Å². The summed E-state index contributed by atoms with van der Waals surface area (Å²) in [6.45, 7) is 1.88. The molecule has 2 amide bonds. The van der Waals surface area contributed by atoms with Crippen molar-refractivity contribution in [3.05, 3.63) is 35.4 Å². The Kier molecular flexibility index (Phi) is 7.39. The van der Waals surface area contributed by atoms with Crippen molar-refractivity contribution in [1.29, 1.82) is 0 Å². The molecule has 0 heterocycles. The summed E-state index contributed by atoms with van der Waals surface area (Å²) >= 11 is 0. The minimum absolute atomic E-state index is 0.0237. The standard InChI is InChI=1S/C16H20N2O7/c1-9-2-4-10(5-3-9)8-12(15(23)24)18-16(25)17-11(14(21)22)6-7-13(19)20/h2-5,11-12H,6-8H2,1H3,(H,19,20)(H,21,22)(H,23,24)(H2,17,18,25)/t11-,12-/m0/s1. The van der Waals surface area contributed by atoms with Gasteiger partial charge in [0, 0.05) is 12.8 Å². The fourth-order valence-electron chi connectivity index (χ4n) is 2.04. The highest BCUT2D eigenvalue weighted by Gasteiger charge is 2.25. The lowest BCUT2D eigenvalue weighted by Gasteiger charge is -2.18. The highest BCUT2D eigenvalue weighted by atomic mass is 16.4. The van der Waals surface area contributed by atoms with Crippen molar-refractivity contribution in [2.75, 3.05) is 0 Å². The van der Waals surface area contributed by atoms with Crippen LogP contribution in [0.5, 0.6) is 0 Å². The molecule has 1 aromatic carbocycles. The topological polar surface area (TPSA) is 153 Å². The molecular weight excluding hydrogens is 332 g/mol. The van der Waals surface area contributed by atoms with Crippen molar-refractivity contribution in [1.82, 2.24) is 10.6 Å². The number of hydrogen-bond acceptors (Lipinski definition) is 4. The molecule has 5 N–H and O–H groups in total. The molecule has 9 nitrogen and oxygen atoms in total. The number of rotatable bonds is 9. The third-order valence-corrected chi connectivity index (χ3v) is 3.41. The molecule has 1 rings (SSSR count). The Hall–Kier alpha value is -3.10. The van der Waals surface area contributed by atoms with Crippen molar-refractivity contribution in [2.24, 2.45) is 0 Å². The summed E-state index contributed by atoms with van der Waals surface area (Å²) in [5, 5.41) is 31.1. The Labute approximate surface area is 143 Å². The number of aryl methyl sites for hydroxylation is 1. The number of carbonyl (C=O) groups excluding carboxylic acids is 1. The molecule has 0 aromatic heterocycles. The molecule has 0 fully saturated rings. The molecule has 0 saturated heterocycles. The van der Waals surface area contributed by atoms with E-state index in [0.717, 1.165) is 5.56 Å². The molecule has 0 saturated carbocycles. The molecule has 0 spiro atoms. The first kappa shape index (κ1) is 19.9. The minimum atomic E-state index is -1.43. The molecule has 0 aliphatic carbocycles. The average molecular weight is 352 g/mol. The summed E-state index contributed by atoms with van der Waals surface area (Å²) in [4.78, 5) is 44.7. The lowest BCUT2D eigenvalue weighted by atomic mass is 10.0. The number of hydrogen-bond donors (Lipinski definition) is 5. The molecule has 25 heavy (non-hydrogen) atoms. The van der Waals surface area contributed by atoms with Crippen LogP contribution in [0.1, 0.15) is 24.0 Å². The van der Waals surface area contributed by atoms with Crippen LogP contribution in [-0.4, -0.2) is 51.3 Å². The highest BCUT2D eigenvalue weighted by Crippen LogP contribution is 2.07. The van der Waals surface area contributed by atoms with Crippen LogP contribution >= 0.6 is 0 Å². The van der Waals surface area contributed by atoms with E-state index in [1.807, 2.05) is 6.92 Å². The molecule has 0 aliphatic rings. The molecule has 0 bridgehead atoms. The molecule has 1 aromatic rings. The van der Waals surface area contributed by atoms with Gasteiger partial charge < -0.3 is 26.0 Å². The average Bonchev–Trinajstić information content (AvgIpc) is 2.52. The number of aliphatic carboxylic acids is 3. The van der Waals surface area contributed by atoms with Crippen LogP contribution in [0, 0.1) is 6.92 Å². The van der Waals surface area contributed by atoms with Gasteiger partial charge in [0.05, 0.1) is 0 Å². The normalized spacial score (nSPS) is 12.7. The summed E-state index contributed by atoms with van der Waals surface area (Å²) in [7, 11) is 0. The van der Waals surface area contributed by atoms with Crippen LogP contribution in [0.15, 0.2) is 24.3 Å². The van der Waals surface area contributed by atoms with E-state index >= 15 is 0 Å². The highest BCUT2D eigenvalue weighted by molar-refractivity contribution is 5.86. The van der Waals surface area contributed by atoms with Crippen LogP contribution < -0.4 is 10.6 Å². The van der Waals surface area contributed by atoms with Gasteiger partial charge in [-0.05, 0) is 18.9 Å². The first-order valence-corrected chi connectivity index (χ1v) is 7.49. The van der Waals surface area contributed by atoms with Gasteiger partial charge in [0.1, 0.15) is 12.1 Å². The molecule has 136 valence electrons. The second-order valence-corrected chi connectivity index (χ2v) is 5.52. The molecule has 9 heteroatoms. The number of carbonyl (C=O) groups is 4. The first-order chi connectivity index (χ1) is 11.7. The largest absolute Gasteiger partial charge is 0.481 e. The van der Waals surface area contributed by atoms with Crippen molar-refractivity contribution >= 4 is 23.9 Å². The zero-order valence-electron chi connectivity index (χ0n) is 13.6. The summed E-state index contributed by atoms with van der Waals surface area (Å²) in [5.41, 5.74) is 1.70. The van der Waals surface area contributed by atoms with Crippen molar-refractivity contribution in [2.45, 2.75) is 38.3 Å². The van der Waals surface area contributed by atoms with E-state index < -0.39 is 42.4 Å². The van der Waals surface area contributed by atoms with E-state index in [1.165, 1.54) is 0 Å². The first-order valence-electron chi connectivity index (χ1n) is 7.49. The van der Waals surface area contributed by atoms with Crippen molar-refractivity contribution < 1.29 is 34.5 Å². The summed E-state index contributed by atoms with van der Waals surface area (Å²) in [5.74, 6) is -3.87. The van der Waals surface area contributed by atoms with Gasteiger partial charge in [0.25, 0.3) is 0 Å². The molecule has 0 aliphatic heterocycles. The van der Waals surface area contributed by atoms with E-state index in [2.05, 4.69) is 10.6 Å². The molecule has 2 atom stereocenters. The Morgan fingerprint density at radius 3 is 1.92 bits per heavy atom. The summed E-state index contributed by atoms with van der Waals surface area (Å²) in [6, 6.07) is 3.41. The van der Waals surface area contributed by atoms with Crippen LogP contribution in [0.2, 0.25) is 0 Å². The zero-order chi connectivity index (χ0) is 19.0. The van der Waals surface area contributed by atoms with E-state index in [4.69, 9.17) is 10.2 Å². The van der Waals surface area contributed by atoms with Crippen molar-refractivity contribution in [3.8, 4) is 0 Å². The van der Waals surface area contributed by atoms with Gasteiger partial charge in [-0.1, -0.05) is 29.8 Å². The number of nitrogens with one attached hydrogen (secondary N) is 2. The van der Waals surface area contributed by atoms with Gasteiger partial charge in [0.15, 0.2) is 0 Å². The van der Waals surface area contributed by atoms with Gasteiger partial charge >= 0.3 is 23.9 Å². The lowest BCUT2D eigenvalue weighted by Crippen LogP contribution is -2.51. The van der Waals surface area contributed by atoms with E-state index in [9.17, 15) is 24.3 Å². The Bertz CT molecular complexity index is 642.